The maximum absolute atomic E-state index is 13.0. The fraction of sp³-hybridized carbons (Fsp3) is 0.364. The number of hydrogen-bond donors (Lipinski definition) is 1. The first-order chi connectivity index (χ1) is 14.1. The molecule has 1 atom stereocenters. The number of aryl methyl sites for hydroxylation is 2. The number of amides is 2. The van der Waals surface area contributed by atoms with Gasteiger partial charge in [0.1, 0.15) is 11.8 Å². The van der Waals surface area contributed by atoms with Gasteiger partial charge >= 0.3 is 0 Å². The molecule has 0 aliphatic rings. The monoisotopic (exact) mass is 514 g/mol. The highest BCUT2D eigenvalue weighted by molar-refractivity contribution is 9.10. The Morgan fingerprint density at radius 2 is 1.80 bits per heavy atom. The minimum absolute atomic E-state index is 0.162. The van der Waals surface area contributed by atoms with Crippen molar-refractivity contribution >= 4 is 50.9 Å². The van der Waals surface area contributed by atoms with Gasteiger partial charge in [-0.1, -0.05) is 45.2 Å². The van der Waals surface area contributed by atoms with Gasteiger partial charge < -0.3 is 15.0 Å². The predicted molar refractivity (Wildman–Crippen MR) is 124 cm³/mol. The summed E-state index contributed by atoms with van der Waals surface area (Å²) in [5, 5.41) is 3.69. The quantitative estimate of drug-likeness (QED) is 0.518. The number of rotatable bonds is 8. The Bertz CT molecular complexity index is 914. The van der Waals surface area contributed by atoms with Crippen LogP contribution in [-0.4, -0.2) is 35.9 Å². The van der Waals surface area contributed by atoms with Crippen LogP contribution in [0.3, 0.4) is 0 Å². The van der Waals surface area contributed by atoms with E-state index in [2.05, 4.69) is 21.2 Å². The van der Waals surface area contributed by atoms with Crippen molar-refractivity contribution < 1.29 is 14.3 Å². The van der Waals surface area contributed by atoms with Crippen LogP contribution in [0.25, 0.3) is 0 Å². The van der Waals surface area contributed by atoms with Gasteiger partial charge in [0.15, 0.2) is 6.61 Å². The number of hydrogen-bond acceptors (Lipinski definition) is 3. The third-order valence-electron chi connectivity index (χ3n) is 4.65. The molecule has 30 heavy (non-hydrogen) atoms. The van der Waals surface area contributed by atoms with Crippen molar-refractivity contribution in [2.75, 3.05) is 13.2 Å². The molecule has 2 rings (SSSR count). The fourth-order valence-electron chi connectivity index (χ4n) is 2.96. The van der Waals surface area contributed by atoms with E-state index in [0.29, 0.717) is 27.9 Å². The van der Waals surface area contributed by atoms with Crippen molar-refractivity contribution in [3.05, 3.63) is 61.5 Å². The van der Waals surface area contributed by atoms with Gasteiger partial charge in [0.25, 0.3) is 5.91 Å². The zero-order valence-corrected chi connectivity index (χ0v) is 20.5. The average molecular weight is 516 g/mol. The third kappa shape index (κ3) is 6.37. The lowest BCUT2D eigenvalue weighted by molar-refractivity contribution is -0.142. The number of carbonyl (C=O) groups excluding carboxylic acids is 2. The first-order valence-electron chi connectivity index (χ1n) is 9.54. The lowest BCUT2D eigenvalue weighted by atomic mass is 10.1. The van der Waals surface area contributed by atoms with E-state index in [4.69, 9.17) is 27.9 Å². The second kappa shape index (κ2) is 11.0. The van der Waals surface area contributed by atoms with Crippen LogP contribution in [0, 0.1) is 13.8 Å². The number of carbonyl (C=O) groups is 2. The van der Waals surface area contributed by atoms with Crippen molar-refractivity contribution in [1.29, 1.82) is 0 Å². The van der Waals surface area contributed by atoms with Crippen molar-refractivity contribution in [3.8, 4) is 5.75 Å². The molecule has 0 fully saturated rings. The molecule has 0 radical (unpaired) electrons. The second-order valence-corrected chi connectivity index (χ2v) is 8.62. The summed E-state index contributed by atoms with van der Waals surface area (Å²) in [6.45, 7) is 7.86. The highest BCUT2D eigenvalue weighted by Crippen LogP contribution is 2.27. The Hall–Kier alpha value is -1.76. The summed E-state index contributed by atoms with van der Waals surface area (Å²) < 4.78 is 6.75. The van der Waals surface area contributed by atoms with Gasteiger partial charge in [-0.2, -0.15) is 0 Å². The lowest BCUT2D eigenvalue weighted by Gasteiger charge is -2.29. The fourth-order valence-corrected chi connectivity index (χ4v) is 3.65. The van der Waals surface area contributed by atoms with E-state index >= 15 is 0 Å². The van der Waals surface area contributed by atoms with Gasteiger partial charge in [-0.3, -0.25) is 9.59 Å². The number of benzene rings is 2. The van der Waals surface area contributed by atoms with Crippen LogP contribution in [0.4, 0.5) is 0 Å². The number of ether oxygens (including phenoxy) is 1. The molecular weight excluding hydrogens is 491 g/mol. The molecule has 0 aliphatic carbocycles. The molecule has 8 heteroatoms. The van der Waals surface area contributed by atoms with E-state index < -0.39 is 6.04 Å². The van der Waals surface area contributed by atoms with Crippen molar-refractivity contribution in [2.24, 2.45) is 0 Å². The molecule has 5 nitrogen and oxygen atoms in total. The van der Waals surface area contributed by atoms with Gasteiger partial charge in [0.2, 0.25) is 5.91 Å². The molecule has 2 amide bonds. The molecule has 2 aromatic rings. The average Bonchev–Trinajstić information content (AvgIpc) is 2.69. The lowest BCUT2D eigenvalue weighted by Crippen LogP contribution is -2.49. The Morgan fingerprint density at radius 1 is 1.17 bits per heavy atom. The van der Waals surface area contributed by atoms with Crippen LogP contribution in [0.2, 0.25) is 10.0 Å². The minimum Gasteiger partial charge on any atom is -0.484 e. The summed E-state index contributed by atoms with van der Waals surface area (Å²) in [7, 11) is 0. The third-order valence-corrected chi connectivity index (χ3v) is 6.48. The van der Waals surface area contributed by atoms with E-state index in [9.17, 15) is 9.59 Å². The van der Waals surface area contributed by atoms with Gasteiger partial charge in [0, 0.05) is 27.6 Å². The molecule has 0 spiro atoms. The molecule has 1 unspecified atom stereocenters. The molecule has 0 heterocycles. The van der Waals surface area contributed by atoms with E-state index in [-0.39, 0.29) is 25.0 Å². The zero-order chi connectivity index (χ0) is 22.4. The van der Waals surface area contributed by atoms with Crippen LogP contribution in [0.1, 0.15) is 30.5 Å². The van der Waals surface area contributed by atoms with E-state index in [0.717, 1.165) is 15.6 Å². The molecule has 0 aliphatic heterocycles. The number of likely N-dealkylation sites (N-methyl/N-ethyl adjacent to an activating group) is 1. The normalized spacial score (nSPS) is 11.7. The summed E-state index contributed by atoms with van der Waals surface area (Å²) >= 11 is 15.8. The van der Waals surface area contributed by atoms with Crippen LogP contribution in [-0.2, 0) is 16.1 Å². The summed E-state index contributed by atoms with van der Waals surface area (Å²) in [6.07, 6.45) is 0. The molecule has 0 saturated carbocycles. The highest BCUT2D eigenvalue weighted by Gasteiger charge is 2.27. The maximum Gasteiger partial charge on any atom is 0.261 e. The smallest absolute Gasteiger partial charge is 0.261 e. The summed E-state index contributed by atoms with van der Waals surface area (Å²) in [5.41, 5.74) is 2.72. The van der Waals surface area contributed by atoms with Gasteiger partial charge in [-0.15, -0.1) is 0 Å². The zero-order valence-electron chi connectivity index (χ0n) is 17.4. The molecule has 0 aromatic heterocycles. The second-order valence-electron chi connectivity index (χ2n) is 6.99. The number of nitrogens with one attached hydrogen (secondary N) is 1. The Balaban J connectivity index is 2.22. The Morgan fingerprint density at radius 3 is 2.37 bits per heavy atom. The standard InChI is InChI=1S/C22H25BrCl2N2O3/c1-5-26-22(29)15(4)27(11-16-6-7-17(24)10-19(16)25)20(28)12-30-18-8-13(2)21(23)14(3)9-18/h6-10,15H,5,11-12H2,1-4H3,(H,26,29). The van der Waals surface area contributed by atoms with Gasteiger partial charge in [-0.05, 0) is 68.7 Å². The molecule has 0 bridgehead atoms. The Labute approximate surface area is 195 Å². The Kier molecular flexibility index (Phi) is 9.01. The van der Waals surface area contributed by atoms with Crippen LogP contribution < -0.4 is 10.1 Å². The highest BCUT2D eigenvalue weighted by atomic mass is 79.9. The van der Waals surface area contributed by atoms with Gasteiger partial charge in [0.05, 0.1) is 0 Å². The molecule has 2 aromatic carbocycles. The molecule has 162 valence electrons. The van der Waals surface area contributed by atoms with E-state index in [1.54, 1.807) is 25.1 Å². The summed E-state index contributed by atoms with van der Waals surface area (Å²) in [4.78, 5) is 26.9. The van der Waals surface area contributed by atoms with E-state index in [1.807, 2.05) is 32.9 Å². The van der Waals surface area contributed by atoms with Crippen molar-refractivity contribution in [2.45, 2.75) is 40.3 Å². The van der Waals surface area contributed by atoms with Crippen molar-refractivity contribution in [3.63, 3.8) is 0 Å². The molecule has 1 N–H and O–H groups in total. The van der Waals surface area contributed by atoms with E-state index in [1.165, 1.54) is 4.90 Å². The first kappa shape index (κ1) is 24.5. The van der Waals surface area contributed by atoms with Crippen LogP contribution >= 0.6 is 39.1 Å². The SMILES string of the molecule is CCNC(=O)C(C)N(Cc1ccc(Cl)cc1Cl)C(=O)COc1cc(C)c(Br)c(C)c1. The molecule has 0 saturated heterocycles. The topological polar surface area (TPSA) is 58.6 Å². The molecular formula is C22H25BrCl2N2O3. The minimum atomic E-state index is -0.693. The summed E-state index contributed by atoms with van der Waals surface area (Å²) in [5.74, 6) is 0.0287. The van der Waals surface area contributed by atoms with Crippen molar-refractivity contribution in [1.82, 2.24) is 10.2 Å². The van der Waals surface area contributed by atoms with Gasteiger partial charge in [-0.25, -0.2) is 0 Å². The first-order valence-corrected chi connectivity index (χ1v) is 11.1. The van der Waals surface area contributed by atoms with Crippen LogP contribution in [0.5, 0.6) is 5.75 Å². The predicted octanol–water partition coefficient (Wildman–Crippen LogP) is 5.30. The largest absolute Gasteiger partial charge is 0.484 e. The number of nitrogens with zero attached hydrogens (tertiary/aromatic N) is 1. The number of halogens is 3. The maximum atomic E-state index is 13.0. The van der Waals surface area contributed by atoms with Crippen LogP contribution in [0.15, 0.2) is 34.8 Å². The summed E-state index contributed by atoms with van der Waals surface area (Å²) in [6, 6.07) is 8.09.